The minimum atomic E-state index is -0.195. The summed E-state index contributed by atoms with van der Waals surface area (Å²) in [5.41, 5.74) is 2.64. The maximum atomic E-state index is 12.6. The average molecular weight is 260 g/mol. The molecule has 0 aliphatic carbocycles. The molecule has 2 aliphatic rings. The Hall–Kier alpha value is -1.39. The maximum Gasteiger partial charge on any atom is 0.242 e. The predicted molar refractivity (Wildman–Crippen MR) is 72.8 cm³/mol. The number of hydrogen-bond donors (Lipinski definition) is 1. The summed E-state index contributed by atoms with van der Waals surface area (Å²) in [6.45, 7) is 4.94. The Bertz CT molecular complexity index is 475. The molecule has 2 heterocycles. The van der Waals surface area contributed by atoms with E-state index in [0.717, 1.165) is 26.1 Å². The highest BCUT2D eigenvalue weighted by molar-refractivity contribution is 5.83. The standard InChI is InChI=1S/C15H20N2O2/c1-11-14(16-7-9-19-11)15(18)17-8-6-12-4-2-3-5-13(12)10-17/h2-5,11,14,16H,6-10H2,1H3/t11-,14+/m1/s1. The van der Waals surface area contributed by atoms with Crippen molar-refractivity contribution in [2.24, 2.45) is 0 Å². The normalized spacial score (nSPS) is 26.9. The van der Waals surface area contributed by atoms with Crippen molar-refractivity contribution in [3.8, 4) is 0 Å². The lowest BCUT2D eigenvalue weighted by molar-refractivity contribution is -0.140. The molecular formula is C15H20N2O2. The van der Waals surface area contributed by atoms with Gasteiger partial charge in [-0.2, -0.15) is 0 Å². The average Bonchev–Trinajstić information content (AvgIpc) is 2.46. The molecule has 102 valence electrons. The van der Waals surface area contributed by atoms with Gasteiger partial charge in [0, 0.05) is 19.6 Å². The highest BCUT2D eigenvalue weighted by Crippen LogP contribution is 2.20. The highest BCUT2D eigenvalue weighted by Gasteiger charge is 2.32. The summed E-state index contributed by atoms with van der Waals surface area (Å²) < 4.78 is 5.56. The van der Waals surface area contributed by atoms with Crippen LogP contribution in [0.5, 0.6) is 0 Å². The molecule has 1 aromatic rings. The first-order valence-electron chi connectivity index (χ1n) is 6.96. The number of morpholine rings is 1. The Morgan fingerprint density at radius 1 is 1.37 bits per heavy atom. The summed E-state index contributed by atoms with van der Waals surface area (Å²) in [5, 5.41) is 3.27. The number of rotatable bonds is 1. The van der Waals surface area contributed by atoms with Crippen LogP contribution in [0.25, 0.3) is 0 Å². The molecule has 0 aromatic heterocycles. The van der Waals surface area contributed by atoms with Crippen LogP contribution >= 0.6 is 0 Å². The fourth-order valence-corrected chi connectivity index (χ4v) is 2.89. The number of carbonyl (C=O) groups excluding carboxylic acids is 1. The monoisotopic (exact) mass is 260 g/mol. The topological polar surface area (TPSA) is 41.6 Å². The van der Waals surface area contributed by atoms with E-state index < -0.39 is 0 Å². The fourth-order valence-electron chi connectivity index (χ4n) is 2.89. The van der Waals surface area contributed by atoms with Gasteiger partial charge in [-0.15, -0.1) is 0 Å². The van der Waals surface area contributed by atoms with Gasteiger partial charge in [-0.3, -0.25) is 4.79 Å². The van der Waals surface area contributed by atoms with Crippen LogP contribution in [0.15, 0.2) is 24.3 Å². The zero-order valence-corrected chi connectivity index (χ0v) is 11.3. The molecule has 1 amide bonds. The van der Waals surface area contributed by atoms with Crippen LogP contribution < -0.4 is 5.32 Å². The maximum absolute atomic E-state index is 12.6. The molecule has 19 heavy (non-hydrogen) atoms. The van der Waals surface area contributed by atoms with Crippen LogP contribution in [0.4, 0.5) is 0 Å². The number of hydrogen-bond acceptors (Lipinski definition) is 3. The van der Waals surface area contributed by atoms with Crippen molar-refractivity contribution < 1.29 is 9.53 Å². The zero-order valence-electron chi connectivity index (χ0n) is 11.3. The quantitative estimate of drug-likeness (QED) is 0.817. The minimum Gasteiger partial charge on any atom is -0.375 e. The first-order valence-corrected chi connectivity index (χ1v) is 6.96. The first-order chi connectivity index (χ1) is 9.25. The number of fused-ring (bicyclic) bond motifs is 1. The Labute approximate surface area is 113 Å². The summed E-state index contributed by atoms with van der Waals surface area (Å²) in [6, 6.07) is 8.18. The number of nitrogens with one attached hydrogen (secondary N) is 1. The lowest BCUT2D eigenvalue weighted by Crippen LogP contribution is -2.57. The van der Waals surface area contributed by atoms with Crippen molar-refractivity contribution in [3.05, 3.63) is 35.4 Å². The van der Waals surface area contributed by atoms with E-state index in [4.69, 9.17) is 4.74 Å². The van der Waals surface area contributed by atoms with Gasteiger partial charge in [0.05, 0.1) is 12.7 Å². The molecule has 0 radical (unpaired) electrons. The van der Waals surface area contributed by atoms with Crippen molar-refractivity contribution in [2.45, 2.75) is 32.0 Å². The first kappa shape index (κ1) is 12.6. The molecule has 1 aromatic carbocycles. The van der Waals surface area contributed by atoms with Crippen LogP contribution in [0, 0.1) is 0 Å². The fraction of sp³-hybridized carbons (Fsp3) is 0.533. The Kier molecular flexibility index (Phi) is 3.53. The Balaban J connectivity index is 1.72. The third-order valence-corrected chi connectivity index (χ3v) is 4.02. The van der Waals surface area contributed by atoms with E-state index in [9.17, 15) is 4.79 Å². The van der Waals surface area contributed by atoms with Crippen LogP contribution in [0.3, 0.4) is 0 Å². The van der Waals surface area contributed by atoms with E-state index in [2.05, 4.69) is 23.5 Å². The van der Waals surface area contributed by atoms with E-state index in [0.29, 0.717) is 6.61 Å². The van der Waals surface area contributed by atoms with Crippen molar-refractivity contribution in [1.29, 1.82) is 0 Å². The lowest BCUT2D eigenvalue weighted by Gasteiger charge is -2.36. The molecule has 3 rings (SSSR count). The molecule has 4 heteroatoms. The number of nitrogens with zero attached hydrogens (tertiary/aromatic N) is 1. The van der Waals surface area contributed by atoms with Crippen molar-refractivity contribution >= 4 is 5.91 Å². The molecule has 0 bridgehead atoms. The number of carbonyl (C=O) groups is 1. The second-order valence-electron chi connectivity index (χ2n) is 5.29. The van der Waals surface area contributed by atoms with Gasteiger partial charge in [0.2, 0.25) is 5.91 Å². The summed E-state index contributed by atoms with van der Waals surface area (Å²) in [7, 11) is 0. The lowest BCUT2D eigenvalue weighted by atomic mass is 9.98. The molecule has 0 saturated carbocycles. The van der Waals surface area contributed by atoms with E-state index >= 15 is 0 Å². The van der Waals surface area contributed by atoms with Crippen molar-refractivity contribution in [3.63, 3.8) is 0 Å². The van der Waals surface area contributed by atoms with Gasteiger partial charge in [0.25, 0.3) is 0 Å². The van der Waals surface area contributed by atoms with Gasteiger partial charge in [-0.25, -0.2) is 0 Å². The predicted octanol–water partition coefficient (Wildman–Crippen LogP) is 0.948. The molecule has 1 N–H and O–H groups in total. The molecule has 4 nitrogen and oxygen atoms in total. The van der Waals surface area contributed by atoms with Crippen LogP contribution in [-0.4, -0.2) is 42.6 Å². The van der Waals surface area contributed by atoms with E-state index in [-0.39, 0.29) is 18.1 Å². The molecule has 1 saturated heterocycles. The molecule has 0 spiro atoms. The van der Waals surface area contributed by atoms with E-state index in [1.807, 2.05) is 17.9 Å². The van der Waals surface area contributed by atoms with Gasteiger partial charge < -0.3 is 15.0 Å². The summed E-state index contributed by atoms with van der Waals surface area (Å²) >= 11 is 0. The third kappa shape index (κ3) is 2.51. The molecule has 2 atom stereocenters. The summed E-state index contributed by atoms with van der Waals surface area (Å²) in [6.07, 6.45) is 0.905. The second kappa shape index (κ2) is 5.31. The Morgan fingerprint density at radius 3 is 2.95 bits per heavy atom. The summed E-state index contributed by atoms with van der Waals surface area (Å²) in [4.78, 5) is 14.5. The molecule has 0 unspecified atom stereocenters. The van der Waals surface area contributed by atoms with Gasteiger partial charge in [-0.05, 0) is 24.5 Å². The van der Waals surface area contributed by atoms with Crippen LogP contribution in [-0.2, 0) is 22.5 Å². The number of ether oxygens (including phenoxy) is 1. The van der Waals surface area contributed by atoms with E-state index in [1.54, 1.807) is 0 Å². The number of amides is 1. The van der Waals surface area contributed by atoms with Crippen molar-refractivity contribution in [1.82, 2.24) is 10.2 Å². The van der Waals surface area contributed by atoms with Gasteiger partial charge in [-0.1, -0.05) is 24.3 Å². The van der Waals surface area contributed by atoms with Crippen LogP contribution in [0.2, 0.25) is 0 Å². The van der Waals surface area contributed by atoms with Gasteiger partial charge in [0.1, 0.15) is 6.04 Å². The van der Waals surface area contributed by atoms with Crippen LogP contribution in [0.1, 0.15) is 18.1 Å². The Morgan fingerprint density at radius 2 is 2.16 bits per heavy atom. The van der Waals surface area contributed by atoms with Crippen molar-refractivity contribution in [2.75, 3.05) is 19.7 Å². The second-order valence-corrected chi connectivity index (χ2v) is 5.29. The van der Waals surface area contributed by atoms with Gasteiger partial charge in [0.15, 0.2) is 0 Å². The largest absolute Gasteiger partial charge is 0.375 e. The van der Waals surface area contributed by atoms with E-state index in [1.165, 1.54) is 11.1 Å². The summed E-state index contributed by atoms with van der Waals surface area (Å²) in [5.74, 6) is 0.168. The molecule has 1 fully saturated rings. The minimum absolute atomic E-state index is 0.0431. The number of benzene rings is 1. The smallest absolute Gasteiger partial charge is 0.242 e. The molecular weight excluding hydrogens is 240 g/mol. The highest BCUT2D eigenvalue weighted by atomic mass is 16.5. The SMILES string of the molecule is C[C@H]1OCCN[C@@H]1C(=O)N1CCc2ccccc2C1. The third-order valence-electron chi connectivity index (χ3n) is 4.02. The van der Waals surface area contributed by atoms with Gasteiger partial charge >= 0.3 is 0 Å². The zero-order chi connectivity index (χ0) is 13.2. The molecule has 2 aliphatic heterocycles.